The molecule has 38 heavy (non-hydrogen) atoms. The predicted molar refractivity (Wildman–Crippen MR) is 167 cm³/mol. The average Bonchev–Trinajstić information content (AvgIpc) is 3.48. The van der Waals surface area contributed by atoms with E-state index in [2.05, 4.69) is 119 Å². The van der Waals surface area contributed by atoms with Gasteiger partial charge in [-0.1, -0.05) is 0 Å². The Labute approximate surface area is 241 Å². The van der Waals surface area contributed by atoms with E-state index in [4.69, 9.17) is 17.0 Å². The molecule has 6 rings (SSSR count). The summed E-state index contributed by atoms with van der Waals surface area (Å²) >= 11 is -3.97. The van der Waals surface area contributed by atoms with Gasteiger partial charge in [-0.3, -0.25) is 0 Å². The van der Waals surface area contributed by atoms with Crippen molar-refractivity contribution in [3.63, 3.8) is 0 Å². The molecule has 0 fully saturated rings. The van der Waals surface area contributed by atoms with E-state index in [9.17, 15) is 0 Å². The van der Waals surface area contributed by atoms with Gasteiger partial charge >= 0.3 is 243 Å². The van der Waals surface area contributed by atoms with E-state index in [1.807, 2.05) is 0 Å². The second kappa shape index (κ2) is 10.4. The Morgan fingerprint density at radius 2 is 1.50 bits per heavy atom. The zero-order valence-electron chi connectivity index (χ0n) is 22.6. The summed E-state index contributed by atoms with van der Waals surface area (Å²) < 4.78 is 1.42. The van der Waals surface area contributed by atoms with Gasteiger partial charge in [-0.2, -0.15) is 0 Å². The first-order valence-electron chi connectivity index (χ1n) is 13.8. The van der Waals surface area contributed by atoms with E-state index in [1.165, 1.54) is 58.2 Å². The third-order valence-corrected chi connectivity index (χ3v) is 22.5. The van der Waals surface area contributed by atoms with Crippen LogP contribution in [0.15, 0.2) is 90.5 Å². The minimum atomic E-state index is -3.97. The van der Waals surface area contributed by atoms with E-state index in [0.29, 0.717) is 11.8 Å². The number of halogens is 2. The van der Waals surface area contributed by atoms with Gasteiger partial charge < -0.3 is 0 Å². The van der Waals surface area contributed by atoms with Crippen molar-refractivity contribution in [1.29, 1.82) is 0 Å². The van der Waals surface area contributed by atoms with Crippen molar-refractivity contribution >= 4 is 46.3 Å². The van der Waals surface area contributed by atoms with Gasteiger partial charge in [0.1, 0.15) is 0 Å². The normalized spacial score (nSPS) is 16.6. The van der Waals surface area contributed by atoms with E-state index < -0.39 is 27.4 Å². The standard InChI is InChI=1S/C22H25.C12H9Si.2ClH.Zr/c1-15(2)12-19-11-10-18-13-20(16(3)4)14-21(18)22(19)17-8-6-5-7-9-17;1-3-7-11-9(5-1)10-6-2-4-8-12(10)13-11;;;/h5-11,13-16H,12H2,1-4H3;1-7H,13H2;2*1H;/q;;;;+2/p-2. The number of benzene rings is 4. The van der Waals surface area contributed by atoms with Crippen molar-refractivity contribution < 1.29 is 17.9 Å². The van der Waals surface area contributed by atoms with E-state index in [1.54, 1.807) is 0 Å². The predicted octanol–water partition coefficient (Wildman–Crippen LogP) is 7.53. The molecule has 0 spiro atoms. The molecule has 0 amide bonds. The fraction of sp³-hybridized carbons (Fsp3) is 0.235. The second-order valence-corrected chi connectivity index (χ2v) is 27.4. The first-order valence-corrected chi connectivity index (χ1v) is 24.2. The Morgan fingerprint density at radius 3 is 2.24 bits per heavy atom. The van der Waals surface area contributed by atoms with Crippen molar-refractivity contribution in [3.05, 3.63) is 107 Å². The summed E-state index contributed by atoms with van der Waals surface area (Å²) in [7, 11) is 15.1. The molecule has 192 valence electrons. The molecule has 0 bridgehead atoms. The monoisotopic (exact) mass is 630 g/mol. The number of rotatable bonds is 6. The molecule has 0 radical (unpaired) electrons. The van der Waals surface area contributed by atoms with Gasteiger partial charge in [-0.25, -0.2) is 0 Å². The van der Waals surface area contributed by atoms with Gasteiger partial charge in [-0.15, -0.1) is 0 Å². The van der Waals surface area contributed by atoms with Crippen molar-refractivity contribution in [1.82, 2.24) is 0 Å². The van der Waals surface area contributed by atoms with Crippen LogP contribution in [0, 0.1) is 11.8 Å². The van der Waals surface area contributed by atoms with Crippen LogP contribution in [-0.2, 0) is 24.3 Å². The minimum absolute atomic E-state index is 0.113. The summed E-state index contributed by atoms with van der Waals surface area (Å²) in [5, 5.41) is 3.01. The number of allylic oxidation sites excluding steroid dienone is 1. The van der Waals surface area contributed by atoms with Crippen LogP contribution < -0.4 is 13.6 Å². The maximum atomic E-state index is 7.84. The fourth-order valence-electron chi connectivity index (χ4n) is 6.60. The van der Waals surface area contributed by atoms with Gasteiger partial charge in [0.05, 0.1) is 0 Å². The van der Waals surface area contributed by atoms with Crippen LogP contribution in [-0.4, -0.2) is 9.52 Å². The molecule has 1 aliphatic heterocycles. The summed E-state index contributed by atoms with van der Waals surface area (Å²) in [6.07, 6.45) is 3.52. The first-order chi connectivity index (χ1) is 18.3. The molecule has 0 N–H and O–H groups in total. The third kappa shape index (κ3) is 4.46. The molecule has 0 saturated heterocycles. The zero-order chi connectivity index (χ0) is 26.6. The Kier molecular flexibility index (Phi) is 7.23. The molecule has 1 heterocycles. The quantitative estimate of drug-likeness (QED) is 0.170. The number of fused-ring (bicyclic) bond motifs is 4. The van der Waals surface area contributed by atoms with Crippen LogP contribution in [0.1, 0.15) is 48.0 Å². The summed E-state index contributed by atoms with van der Waals surface area (Å²) in [6.45, 7) is 9.21. The zero-order valence-corrected chi connectivity index (χ0v) is 27.9. The molecule has 4 aromatic rings. The van der Waals surface area contributed by atoms with Crippen LogP contribution >= 0.6 is 17.0 Å². The molecule has 1 unspecified atom stereocenters. The maximum absolute atomic E-state index is 7.84. The van der Waals surface area contributed by atoms with Gasteiger partial charge in [0.25, 0.3) is 0 Å². The number of hydrogen-bond donors (Lipinski definition) is 0. The first kappa shape index (κ1) is 26.5. The van der Waals surface area contributed by atoms with Crippen molar-refractivity contribution in [2.24, 2.45) is 11.8 Å². The Balaban J connectivity index is 1.54. The average molecular weight is 633 g/mol. The van der Waals surface area contributed by atoms with E-state index in [-0.39, 0.29) is 3.63 Å². The molecular formula is C34H34Cl2SiZr. The van der Waals surface area contributed by atoms with Gasteiger partial charge in [-0.05, 0) is 0 Å². The summed E-state index contributed by atoms with van der Waals surface area (Å²) in [5.41, 5.74) is 10.9. The Morgan fingerprint density at radius 1 is 0.789 bits per heavy atom. The van der Waals surface area contributed by atoms with Gasteiger partial charge in [0.15, 0.2) is 0 Å². The SMILES string of the molecule is CC(C)Cc1ccc2c(c1-c1ccccc1)C=C(C(C)C)[CH]2[Zr]([Cl])([Cl])[c]1cccc2c1[SiH2]c1ccccc1-2. The molecule has 1 aliphatic carbocycles. The molecule has 0 saturated carbocycles. The number of hydrogen-bond acceptors (Lipinski definition) is 0. The van der Waals surface area contributed by atoms with Crippen LogP contribution in [0.4, 0.5) is 0 Å². The molecular weight excluding hydrogens is 599 g/mol. The summed E-state index contributed by atoms with van der Waals surface area (Å²) in [6, 6.07) is 31.3. The molecule has 0 aromatic heterocycles. The van der Waals surface area contributed by atoms with Gasteiger partial charge in [0.2, 0.25) is 0 Å². The third-order valence-electron chi connectivity index (χ3n) is 8.25. The van der Waals surface area contributed by atoms with Crippen LogP contribution in [0.25, 0.3) is 28.3 Å². The molecule has 4 heteroatoms. The molecule has 2 aliphatic rings. The van der Waals surface area contributed by atoms with Crippen molar-refractivity contribution in [2.45, 2.75) is 37.7 Å². The topological polar surface area (TPSA) is 0 Å². The van der Waals surface area contributed by atoms with Crippen LogP contribution in [0.2, 0.25) is 0 Å². The van der Waals surface area contributed by atoms with Crippen molar-refractivity contribution in [2.75, 3.05) is 0 Å². The van der Waals surface area contributed by atoms with Gasteiger partial charge in [0, 0.05) is 0 Å². The van der Waals surface area contributed by atoms with Crippen molar-refractivity contribution in [3.8, 4) is 22.3 Å². The second-order valence-electron chi connectivity index (χ2n) is 11.6. The Hall–Kier alpha value is -1.70. The summed E-state index contributed by atoms with van der Waals surface area (Å²) in [4.78, 5) is 0. The molecule has 4 aromatic carbocycles. The summed E-state index contributed by atoms with van der Waals surface area (Å²) in [5.74, 6) is 0.962. The fourth-order valence-corrected chi connectivity index (χ4v) is 23.6. The Bertz CT molecular complexity index is 1550. The van der Waals surface area contributed by atoms with E-state index >= 15 is 0 Å². The molecule has 1 atom stereocenters. The van der Waals surface area contributed by atoms with E-state index in [0.717, 1.165) is 6.42 Å². The van der Waals surface area contributed by atoms with Crippen LogP contribution in [0.5, 0.6) is 0 Å². The molecule has 0 nitrogen and oxygen atoms in total. The van der Waals surface area contributed by atoms with Crippen LogP contribution in [0.3, 0.4) is 0 Å².